The van der Waals surface area contributed by atoms with Crippen LogP contribution in [0, 0.1) is 12.8 Å². The highest BCUT2D eigenvalue weighted by atomic mass is 16.2. The number of amides is 2. The highest BCUT2D eigenvalue weighted by molar-refractivity contribution is 5.81. The van der Waals surface area contributed by atoms with E-state index in [1.165, 1.54) is 17.2 Å². The van der Waals surface area contributed by atoms with Crippen molar-refractivity contribution in [1.82, 2.24) is 14.8 Å². The van der Waals surface area contributed by atoms with Crippen LogP contribution in [0.4, 0.5) is 0 Å². The number of benzene rings is 1. The van der Waals surface area contributed by atoms with Crippen LogP contribution in [0.1, 0.15) is 42.1 Å². The van der Waals surface area contributed by atoms with E-state index >= 15 is 0 Å². The van der Waals surface area contributed by atoms with Crippen LogP contribution in [0.15, 0.2) is 47.3 Å². The third-order valence-corrected chi connectivity index (χ3v) is 6.32. The summed E-state index contributed by atoms with van der Waals surface area (Å²) in [6, 6.07) is 12.7. The molecular formula is C23H27N3O3. The maximum Gasteiger partial charge on any atom is 0.251 e. The fourth-order valence-electron chi connectivity index (χ4n) is 4.84. The second kappa shape index (κ2) is 7.85. The lowest BCUT2D eigenvalue weighted by atomic mass is 9.78. The van der Waals surface area contributed by atoms with Crippen LogP contribution in [0.25, 0.3) is 0 Å². The van der Waals surface area contributed by atoms with Crippen LogP contribution >= 0.6 is 0 Å². The van der Waals surface area contributed by atoms with Gasteiger partial charge in [0.05, 0.1) is 0 Å². The van der Waals surface area contributed by atoms with Gasteiger partial charge in [-0.25, -0.2) is 0 Å². The number of aryl methyl sites for hydroxylation is 1. The van der Waals surface area contributed by atoms with E-state index in [0.717, 1.165) is 18.5 Å². The first-order valence-corrected chi connectivity index (χ1v) is 10.2. The van der Waals surface area contributed by atoms with Crippen molar-refractivity contribution >= 4 is 11.8 Å². The molecule has 6 heteroatoms. The maximum absolute atomic E-state index is 13.2. The van der Waals surface area contributed by atoms with Crippen molar-refractivity contribution in [2.45, 2.75) is 38.6 Å². The Hall–Kier alpha value is -2.89. The Morgan fingerprint density at radius 1 is 1.10 bits per heavy atom. The number of carbonyl (C=O) groups is 2. The molecule has 1 aromatic carbocycles. The van der Waals surface area contributed by atoms with Gasteiger partial charge in [0, 0.05) is 50.2 Å². The Bertz CT molecular complexity index is 997. The number of hydrogen-bond donors (Lipinski definition) is 1. The first-order valence-electron chi connectivity index (χ1n) is 10.2. The molecule has 4 rings (SSSR count). The van der Waals surface area contributed by atoms with Gasteiger partial charge in [-0.3, -0.25) is 19.0 Å². The van der Waals surface area contributed by atoms with Crippen LogP contribution < -0.4 is 10.9 Å². The normalized spacial score (nSPS) is 22.7. The summed E-state index contributed by atoms with van der Waals surface area (Å²) < 4.78 is 1.67. The van der Waals surface area contributed by atoms with Gasteiger partial charge in [0.15, 0.2) is 0 Å². The molecule has 152 valence electrons. The molecule has 0 radical (unpaired) electrons. The first kappa shape index (κ1) is 19.4. The molecule has 0 saturated carbocycles. The number of carbonyl (C=O) groups excluding carboxylic acids is 2. The molecule has 3 atom stereocenters. The average molecular weight is 393 g/mol. The van der Waals surface area contributed by atoms with E-state index in [9.17, 15) is 14.4 Å². The SMILES string of the molecule is CC(=O)N1C[C@H]2C[C@@H](C1)[C@H](C(=O)NCCc1ccccc1C)n1c2cccc1=O. The minimum atomic E-state index is -0.575. The third-order valence-electron chi connectivity index (χ3n) is 6.32. The number of hydrogen-bond acceptors (Lipinski definition) is 3. The Morgan fingerprint density at radius 2 is 1.90 bits per heavy atom. The summed E-state index contributed by atoms with van der Waals surface area (Å²) in [6.07, 6.45) is 1.57. The average Bonchev–Trinajstić information content (AvgIpc) is 2.70. The van der Waals surface area contributed by atoms with Gasteiger partial charge in [-0.1, -0.05) is 30.3 Å². The third kappa shape index (κ3) is 3.71. The van der Waals surface area contributed by atoms with E-state index in [1.807, 2.05) is 23.1 Å². The maximum atomic E-state index is 13.2. The van der Waals surface area contributed by atoms with Crippen LogP contribution in [-0.2, 0) is 16.0 Å². The molecule has 2 bridgehead atoms. The second-order valence-electron chi connectivity index (χ2n) is 8.19. The van der Waals surface area contributed by atoms with Gasteiger partial charge in [-0.05, 0) is 37.0 Å². The fourth-order valence-corrected chi connectivity index (χ4v) is 4.84. The molecule has 2 amide bonds. The van der Waals surface area contributed by atoms with Crippen molar-refractivity contribution in [2.75, 3.05) is 19.6 Å². The van der Waals surface area contributed by atoms with Gasteiger partial charge in [-0.15, -0.1) is 0 Å². The number of nitrogens with one attached hydrogen (secondary N) is 1. The number of nitrogens with zero attached hydrogens (tertiary/aromatic N) is 2. The Morgan fingerprint density at radius 3 is 2.66 bits per heavy atom. The fraction of sp³-hybridized carbons (Fsp3) is 0.435. The molecule has 1 N–H and O–H groups in total. The van der Waals surface area contributed by atoms with Crippen molar-refractivity contribution in [2.24, 2.45) is 5.92 Å². The molecule has 2 aliphatic heterocycles. The topological polar surface area (TPSA) is 71.4 Å². The summed E-state index contributed by atoms with van der Waals surface area (Å²) in [7, 11) is 0. The lowest BCUT2D eigenvalue weighted by Crippen LogP contribution is -2.54. The molecule has 2 aliphatic rings. The number of piperidine rings is 1. The van der Waals surface area contributed by atoms with Crippen LogP contribution in [0.5, 0.6) is 0 Å². The molecule has 0 unspecified atom stereocenters. The monoisotopic (exact) mass is 393 g/mol. The molecule has 0 aliphatic carbocycles. The summed E-state index contributed by atoms with van der Waals surface area (Å²) >= 11 is 0. The molecule has 3 heterocycles. The van der Waals surface area contributed by atoms with Crippen molar-refractivity contribution in [1.29, 1.82) is 0 Å². The predicted molar refractivity (Wildman–Crippen MR) is 111 cm³/mol. The van der Waals surface area contributed by atoms with Gasteiger partial charge < -0.3 is 10.2 Å². The zero-order chi connectivity index (χ0) is 20.5. The molecule has 0 spiro atoms. The van der Waals surface area contributed by atoms with E-state index in [4.69, 9.17) is 0 Å². The van der Waals surface area contributed by atoms with E-state index in [0.29, 0.717) is 19.6 Å². The summed E-state index contributed by atoms with van der Waals surface area (Å²) in [5.74, 6) is -0.0709. The van der Waals surface area contributed by atoms with E-state index in [-0.39, 0.29) is 29.2 Å². The molecular weight excluding hydrogens is 366 g/mol. The zero-order valence-corrected chi connectivity index (χ0v) is 16.9. The van der Waals surface area contributed by atoms with Crippen LogP contribution in [-0.4, -0.2) is 40.9 Å². The standard InChI is InChI=1S/C23H27N3O3/c1-15-6-3-4-7-17(15)10-11-24-23(29)22-19-12-18(13-25(14-19)16(2)27)20-8-5-9-21(28)26(20)22/h3-9,18-19,22H,10-14H2,1-2H3,(H,24,29)/t18-,19+,22-/m1/s1. The summed E-state index contributed by atoms with van der Waals surface area (Å²) in [4.78, 5) is 39.7. The highest BCUT2D eigenvalue weighted by Gasteiger charge is 2.44. The predicted octanol–water partition coefficient (Wildman–Crippen LogP) is 2.02. The second-order valence-corrected chi connectivity index (χ2v) is 8.19. The van der Waals surface area contributed by atoms with Gasteiger partial charge in [0.1, 0.15) is 6.04 Å². The largest absolute Gasteiger partial charge is 0.354 e. The van der Waals surface area contributed by atoms with Gasteiger partial charge in [-0.2, -0.15) is 0 Å². The summed E-state index contributed by atoms with van der Waals surface area (Å²) in [5, 5.41) is 3.04. The molecule has 1 aromatic heterocycles. The van der Waals surface area contributed by atoms with Crippen molar-refractivity contribution in [3.8, 4) is 0 Å². The summed E-state index contributed by atoms with van der Waals surface area (Å²) in [6.45, 7) is 5.27. The summed E-state index contributed by atoms with van der Waals surface area (Å²) in [5.41, 5.74) is 3.12. The molecule has 1 fully saturated rings. The van der Waals surface area contributed by atoms with Crippen LogP contribution in [0.3, 0.4) is 0 Å². The number of likely N-dealkylation sites (tertiary alicyclic amines) is 1. The Kier molecular flexibility index (Phi) is 5.26. The lowest BCUT2D eigenvalue weighted by Gasteiger charge is -2.46. The van der Waals surface area contributed by atoms with E-state index in [1.54, 1.807) is 17.6 Å². The molecule has 1 saturated heterocycles. The smallest absolute Gasteiger partial charge is 0.251 e. The Balaban J connectivity index is 1.57. The minimum Gasteiger partial charge on any atom is -0.354 e. The molecule has 29 heavy (non-hydrogen) atoms. The van der Waals surface area contributed by atoms with E-state index < -0.39 is 6.04 Å². The first-order chi connectivity index (χ1) is 14.0. The van der Waals surface area contributed by atoms with Crippen LogP contribution in [0.2, 0.25) is 0 Å². The van der Waals surface area contributed by atoms with Crippen molar-refractivity contribution in [3.05, 3.63) is 69.6 Å². The quantitative estimate of drug-likeness (QED) is 0.864. The van der Waals surface area contributed by atoms with Crippen molar-refractivity contribution < 1.29 is 9.59 Å². The van der Waals surface area contributed by atoms with Crippen molar-refractivity contribution in [3.63, 3.8) is 0 Å². The molecule has 2 aromatic rings. The number of pyridine rings is 1. The van der Waals surface area contributed by atoms with Gasteiger partial charge in [0.2, 0.25) is 11.8 Å². The Labute approximate surface area is 170 Å². The van der Waals surface area contributed by atoms with E-state index in [2.05, 4.69) is 24.4 Å². The zero-order valence-electron chi connectivity index (χ0n) is 16.9. The number of rotatable bonds is 4. The minimum absolute atomic E-state index is 0.0186. The highest BCUT2D eigenvalue weighted by Crippen LogP contribution is 2.41. The lowest BCUT2D eigenvalue weighted by molar-refractivity contribution is -0.135. The van der Waals surface area contributed by atoms with Gasteiger partial charge >= 0.3 is 0 Å². The number of aromatic nitrogens is 1. The van der Waals surface area contributed by atoms with Gasteiger partial charge in [0.25, 0.3) is 5.56 Å². The molecule has 6 nitrogen and oxygen atoms in total. The number of fused-ring (bicyclic) bond motifs is 4.